The van der Waals surface area contributed by atoms with E-state index in [1.807, 2.05) is 6.92 Å². The highest BCUT2D eigenvalue weighted by Crippen LogP contribution is 2.29. The van der Waals surface area contributed by atoms with Gasteiger partial charge in [-0.2, -0.15) is 0 Å². The Balaban J connectivity index is 2.04. The Morgan fingerprint density at radius 1 is 1.45 bits per heavy atom. The van der Waals surface area contributed by atoms with Crippen LogP contribution in [0.25, 0.3) is 0 Å². The van der Waals surface area contributed by atoms with Crippen molar-refractivity contribution in [3.8, 4) is 0 Å². The summed E-state index contributed by atoms with van der Waals surface area (Å²) in [4.78, 5) is 24.6. The topological polar surface area (TPSA) is 78.9 Å². The number of fused-ring (bicyclic) bond motifs is 1. The van der Waals surface area contributed by atoms with E-state index in [9.17, 15) is 9.59 Å². The van der Waals surface area contributed by atoms with Crippen molar-refractivity contribution in [3.63, 3.8) is 0 Å². The van der Waals surface area contributed by atoms with Gasteiger partial charge in [0.15, 0.2) is 0 Å². The highest BCUT2D eigenvalue weighted by atomic mass is 16.5. The van der Waals surface area contributed by atoms with Crippen molar-refractivity contribution in [2.45, 2.75) is 13.3 Å². The van der Waals surface area contributed by atoms with Gasteiger partial charge in [-0.15, -0.1) is 0 Å². The Labute approximate surface area is 117 Å². The largest absolute Gasteiger partial charge is 0.478 e. The highest BCUT2D eigenvalue weighted by Gasteiger charge is 2.25. The summed E-state index contributed by atoms with van der Waals surface area (Å²) in [6.45, 7) is 3.99. The average Bonchev–Trinajstić information content (AvgIpc) is 2.86. The Morgan fingerprint density at radius 3 is 2.95 bits per heavy atom. The van der Waals surface area contributed by atoms with Crippen LogP contribution in [0.4, 0.5) is 10.5 Å². The van der Waals surface area contributed by atoms with Gasteiger partial charge in [0.05, 0.1) is 12.2 Å². The predicted octanol–water partition coefficient (Wildman–Crippen LogP) is 1.49. The SMILES string of the molecule is CCOCCNC(=O)N1CCc2ccc(C(=O)O)cc21. The number of rotatable bonds is 5. The molecular formula is C14H18N2O4. The number of carbonyl (C=O) groups excluding carboxylic acids is 1. The lowest BCUT2D eigenvalue weighted by atomic mass is 10.1. The zero-order valence-corrected chi connectivity index (χ0v) is 11.4. The molecule has 0 radical (unpaired) electrons. The molecule has 0 aromatic heterocycles. The van der Waals surface area contributed by atoms with Gasteiger partial charge in [0.2, 0.25) is 0 Å². The third-order valence-corrected chi connectivity index (χ3v) is 3.20. The second-order valence-corrected chi connectivity index (χ2v) is 4.48. The molecule has 1 aromatic carbocycles. The number of ether oxygens (including phenoxy) is 1. The molecule has 1 aliphatic rings. The number of anilines is 1. The normalized spacial score (nSPS) is 13.2. The van der Waals surface area contributed by atoms with Crippen molar-refractivity contribution in [1.82, 2.24) is 5.32 Å². The maximum Gasteiger partial charge on any atom is 0.335 e. The summed E-state index contributed by atoms with van der Waals surface area (Å²) in [5.74, 6) is -0.989. The Morgan fingerprint density at radius 2 is 2.25 bits per heavy atom. The summed E-state index contributed by atoms with van der Waals surface area (Å²) in [6.07, 6.45) is 0.744. The molecule has 0 saturated carbocycles. The van der Waals surface area contributed by atoms with Crippen molar-refractivity contribution in [3.05, 3.63) is 29.3 Å². The molecule has 2 amide bonds. The van der Waals surface area contributed by atoms with Crippen molar-refractivity contribution >= 4 is 17.7 Å². The van der Waals surface area contributed by atoms with E-state index in [4.69, 9.17) is 9.84 Å². The zero-order chi connectivity index (χ0) is 14.5. The summed E-state index contributed by atoms with van der Waals surface area (Å²) >= 11 is 0. The third kappa shape index (κ3) is 3.08. The molecule has 6 heteroatoms. The Hall–Kier alpha value is -2.08. The number of nitrogens with zero attached hydrogens (tertiary/aromatic N) is 1. The van der Waals surface area contributed by atoms with Gasteiger partial charge >= 0.3 is 12.0 Å². The highest BCUT2D eigenvalue weighted by molar-refractivity contribution is 5.96. The minimum absolute atomic E-state index is 0.192. The maximum absolute atomic E-state index is 12.1. The van der Waals surface area contributed by atoms with Crippen LogP contribution in [0.15, 0.2) is 18.2 Å². The molecule has 1 heterocycles. The van der Waals surface area contributed by atoms with Crippen LogP contribution in [-0.2, 0) is 11.2 Å². The van der Waals surface area contributed by atoms with E-state index in [0.29, 0.717) is 32.0 Å². The first-order valence-electron chi connectivity index (χ1n) is 6.62. The number of aromatic carboxylic acids is 1. The quantitative estimate of drug-likeness (QED) is 0.800. The second-order valence-electron chi connectivity index (χ2n) is 4.48. The number of nitrogens with one attached hydrogen (secondary N) is 1. The summed E-state index contributed by atoms with van der Waals surface area (Å²) in [7, 11) is 0. The standard InChI is InChI=1S/C14H18N2O4/c1-2-20-8-6-15-14(19)16-7-5-10-3-4-11(13(17)18)9-12(10)16/h3-4,9H,2,5-8H2,1H3,(H,15,19)(H,17,18). The van der Waals surface area contributed by atoms with Gasteiger partial charge in [-0.05, 0) is 31.0 Å². The van der Waals surface area contributed by atoms with Gasteiger partial charge in [0.1, 0.15) is 0 Å². The van der Waals surface area contributed by atoms with Crippen molar-refractivity contribution in [2.75, 3.05) is 31.2 Å². The van der Waals surface area contributed by atoms with Crippen LogP contribution in [0, 0.1) is 0 Å². The van der Waals surface area contributed by atoms with Crippen LogP contribution >= 0.6 is 0 Å². The van der Waals surface area contributed by atoms with Gasteiger partial charge in [0.25, 0.3) is 0 Å². The molecule has 0 saturated heterocycles. The molecule has 0 atom stereocenters. The molecule has 20 heavy (non-hydrogen) atoms. The molecule has 0 aliphatic carbocycles. The molecule has 1 aromatic rings. The summed E-state index contributed by atoms with van der Waals surface area (Å²) in [5, 5.41) is 11.8. The minimum Gasteiger partial charge on any atom is -0.478 e. The van der Waals surface area contributed by atoms with Crippen molar-refractivity contribution in [2.24, 2.45) is 0 Å². The van der Waals surface area contributed by atoms with Crippen LogP contribution in [0.5, 0.6) is 0 Å². The lowest BCUT2D eigenvalue weighted by Crippen LogP contribution is -2.40. The summed E-state index contributed by atoms with van der Waals surface area (Å²) in [5.41, 5.74) is 1.87. The molecule has 0 fully saturated rings. The molecule has 1 aliphatic heterocycles. The monoisotopic (exact) mass is 278 g/mol. The van der Waals surface area contributed by atoms with E-state index in [-0.39, 0.29) is 11.6 Å². The fourth-order valence-electron chi connectivity index (χ4n) is 2.19. The first-order chi connectivity index (χ1) is 9.63. The number of carboxylic acid groups (broad SMARTS) is 1. The lowest BCUT2D eigenvalue weighted by molar-refractivity contribution is 0.0697. The number of carbonyl (C=O) groups is 2. The fraction of sp³-hybridized carbons (Fsp3) is 0.429. The van der Waals surface area contributed by atoms with Crippen molar-refractivity contribution in [1.29, 1.82) is 0 Å². The number of benzene rings is 1. The molecule has 0 bridgehead atoms. The van der Waals surface area contributed by atoms with Gasteiger partial charge in [-0.3, -0.25) is 4.90 Å². The minimum atomic E-state index is -0.989. The number of amides is 2. The fourth-order valence-corrected chi connectivity index (χ4v) is 2.19. The van der Waals surface area contributed by atoms with Crippen LogP contribution in [0.3, 0.4) is 0 Å². The Kier molecular flexibility index (Phi) is 4.57. The van der Waals surface area contributed by atoms with E-state index in [2.05, 4.69) is 5.32 Å². The van der Waals surface area contributed by atoms with Gasteiger partial charge in [-0.25, -0.2) is 9.59 Å². The van der Waals surface area contributed by atoms with Gasteiger partial charge in [-0.1, -0.05) is 6.07 Å². The van der Waals surface area contributed by atoms with E-state index < -0.39 is 5.97 Å². The molecule has 0 unspecified atom stereocenters. The van der Waals surface area contributed by atoms with Crippen LogP contribution in [0.2, 0.25) is 0 Å². The number of urea groups is 1. The number of hydrogen-bond donors (Lipinski definition) is 2. The lowest BCUT2D eigenvalue weighted by Gasteiger charge is -2.18. The van der Waals surface area contributed by atoms with Gasteiger partial charge in [0, 0.05) is 25.4 Å². The molecular weight excluding hydrogens is 260 g/mol. The molecule has 108 valence electrons. The van der Waals surface area contributed by atoms with Crippen molar-refractivity contribution < 1.29 is 19.4 Å². The van der Waals surface area contributed by atoms with E-state index in [0.717, 1.165) is 12.0 Å². The first kappa shape index (κ1) is 14.3. The first-order valence-corrected chi connectivity index (χ1v) is 6.62. The summed E-state index contributed by atoms with van der Waals surface area (Å²) < 4.78 is 5.16. The molecule has 2 N–H and O–H groups in total. The average molecular weight is 278 g/mol. The van der Waals surface area contributed by atoms with Crippen LogP contribution in [0.1, 0.15) is 22.8 Å². The second kappa shape index (κ2) is 6.38. The molecule has 2 rings (SSSR count). The van der Waals surface area contributed by atoms with E-state index in [1.54, 1.807) is 23.1 Å². The number of carboxylic acids is 1. The zero-order valence-electron chi connectivity index (χ0n) is 11.4. The van der Waals surface area contributed by atoms with E-state index in [1.165, 1.54) is 0 Å². The molecule has 6 nitrogen and oxygen atoms in total. The summed E-state index contributed by atoms with van der Waals surface area (Å²) in [6, 6.07) is 4.67. The smallest absolute Gasteiger partial charge is 0.335 e. The number of hydrogen-bond acceptors (Lipinski definition) is 3. The van der Waals surface area contributed by atoms with Crippen LogP contribution < -0.4 is 10.2 Å². The Bertz CT molecular complexity index is 516. The molecule has 0 spiro atoms. The third-order valence-electron chi connectivity index (χ3n) is 3.20. The maximum atomic E-state index is 12.1. The van der Waals surface area contributed by atoms with Gasteiger partial charge < -0.3 is 15.2 Å². The predicted molar refractivity (Wildman–Crippen MR) is 74.3 cm³/mol. The van der Waals surface area contributed by atoms with Crippen LogP contribution in [-0.4, -0.2) is 43.4 Å². The van der Waals surface area contributed by atoms with E-state index >= 15 is 0 Å².